The van der Waals surface area contributed by atoms with Gasteiger partial charge in [0.2, 0.25) is 5.78 Å². The minimum atomic E-state index is 0.0144. The molecule has 0 aliphatic rings. The van der Waals surface area contributed by atoms with Crippen molar-refractivity contribution in [2.45, 2.75) is 27.7 Å². The van der Waals surface area contributed by atoms with Gasteiger partial charge in [0.1, 0.15) is 5.75 Å². The van der Waals surface area contributed by atoms with Crippen LogP contribution in [0.25, 0.3) is 0 Å². The molecule has 0 N–H and O–H groups in total. The Hall–Kier alpha value is -1.32. The minimum absolute atomic E-state index is 0.0144. The Morgan fingerprint density at radius 2 is 1.75 bits per heavy atom. The van der Waals surface area contributed by atoms with E-state index in [0.29, 0.717) is 5.02 Å². The molecule has 0 aliphatic heterocycles. The lowest BCUT2D eigenvalue weighted by Crippen LogP contribution is -2.13. The molecule has 0 radical (unpaired) electrons. The number of Topliss-reactive ketones (excluding diaryl/α,β-unsaturated/α-hetero) is 1. The second-order valence-corrected chi connectivity index (χ2v) is 6.80. The van der Waals surface area contributed by atoms with E-state index >= 15 is 0 Å². The zero-order valence-corrected chi connectivity index (χ0v) is 13.6. The van der Waals surface area contributed by atoms with Crippen LogP contribution >= 0.6 is 22.9 Å². The van der Waals surface area contributed by atoms with E-state index in [4.69, 9.17) is 16.3 Å². The molecule has 0 spiro atoms. The smallest absolute Gasteiger partial charge is 0.201 e. The van der Waals surface area contributed by atoms with Gasteiger partial charge in [0, 0.05) is 20.3 Å². The summed E-state index contributed by atoms with van der Waals surface area (Å²) in [4.78, 5) is 14.4. The molecule has 0 amide bonds. The Kier molecular flexibility index (Phi) is 4.51. The SMILES string of the molecule is Cc1cc(C(=O)COc2c(C)cc(Cl)cc2C)c(C)s1. The molecule has 0 saturated heterocycles. The van der Waals surface area contributed by atoms with Crippen LogP contribution in [-0.4, -0.2) is 12.4 Å². The van der Waals surface area contributed by atoms with Gasteiger partial charge in [-0.2, -0.15) is 0 Å². The molecule has 20 heavy (non-hydrogen) atoms. The summed E-state index contributed by atoms with van der Waals surface area (Å²) in [5.74, 6) is 0.757. The van der Waals surface area contributed by atoms with E-state index in [2.05, 4.69) is 0 Å². The highest BCUT2D eigenvalue weighted by molar-refractivity contribution is 7.12. The molecule has 1 aromatic heterocycles. The molecule has 1 aromatic carbocycles. The van der Waals surface area contributed by atoms with Crippen LogP contribution in [0.3, 0.4) is 0 Å². The minimum Gasteiger partial charge on any atom is -0.485 e. The van der Waals surface area contributed by atoms with E-state index in [9.17, 15) is 4.79 Å². The molecule has 2 aromatic rings. The summed E-state index contributed by atoms with van der Waals surface area (Å²) >= 11 is 7.62. The monoisotopic (exact) mass is 308 g/mol. The van der Waals surface area contributed by atoms with Gasteiger partial charge in [0.25, 0.3) is 0 Å². The first-order valence-corrected chi connectivity index (χ1v) is 7.57. The number of rotatable bonds is 4. The normalized spacial score (nSPS) is 10.7. The van der Waals surface area contributed by atoms with E-state index in [1.807, 2.05) is 45.9 Å². The summed E-state index contributed by atoms with van der Waals surface area (Å²) in [6, 6.07) is 5.61. The van der Waals surface area contributed by atoms with E-state index in [1.54, 1.807) is 11.3 Å². The molecule has 4 heteroatoms. The Morgan fingerprint density at radius 3 is 2.25 bits per heavy atom. The van der Waals surface area contributed by atoms with Crippen molar-refractivity contribution in [1.82, 2.24) is 0 Å². The van der Waals surface area contributed by atoms with Crippen molar-refractivity contribution >= 4 is 28.7 Å². The number of carbonyl (C=O) groups is 1. The predicted octanol–water partition coefficient (Wildman–Crippen LogP) is 4.90. The number of thiophene rings is 1. The highest BCUT2D eigenvalue weighted by atomic mass is 35.5. The number of aryl methyl sites for hydroxylation is 4. The van der Waals surface area contributed by atoms with Crippen molar-refractivity contribution < 1.29 is 9.53 Å². The van der Waals surface area contributed by atoms with Gasteiger partial charge in [-0.25, -0.2) is 0 Å². The van der Waals surface area contributed by atoms with E-state index in [1.165, 1.54) is 0 Å². The number of halogens is 1. The average Bonchev–Trinajstić information content (AvgIpc) is 2.66. The van der Waals surface area contributed by atoms with Crippen molar-refractivity contribution in [2.75, 3.05) is 6.61 Å². The fourth-order valence-corrected chi connectivity index (χ4v) is 3.52. The Balaban J connectivity index is 2.13. The van der Waals surface area contributed by atoms with Crippen molar-refractivity contribution in [2.24, 2.45) is 0 Å². The van der Waals surface area contributed by atoms with Crippen molar-refractivity contribution in [3.8, 4) is 5.75 Å². The molecular weight excluding hydrogens is 292 g/mol. The molecule has 106 valence electrons. The molecule has 2 rings (SSSR count). The maximum absolute atomic E-state index is 12.2. The Morgan fingerprint density at radius 1 is 1.15 bits per heavy atom. The first-order valence-electron chi connectivity index (χ1n) is 6.38. The zero-order chi connectivity index (χ0) is 14.9. The number of hydrogen-bond donors (Lipinski definition) is 0. The Bertz CT molecular complexity index is 635. The Labute approximate surface area is 128 Å². The number of benzene rings is 1. The third-order valence-corrected chi connectivity index (χ3v) is 4.30. The van der Waals surface area contributed by atoms with Gasteiger partial charge >= 0.3 is 0 Å². The van der Waals surface area contributed by atoms with E-state index in [-0.39, 0.29) is 12.4 Å². The van der Waals surface area contributed by atoms with E-state index < -0.39 is 0 Å². The zero-order valence-electron chi connectivity index (χ0n) is 12.0. The first-order chi connectivity index (χ1) is 9.38. The number of carbonyl (C=O) groups excluding carboxylic acids is 1. The van der Waals surface area contributed by atoms with Gasteiger partial charge in [-0.05, 0) is 57.0 Å². The predicted molar refractivity (Wildman–Crippen MR) is 84.5 cm³/mol. The summed E-state index contributed by atoms with van der Waals surface area (Å²) in [5.41, 5.74) is 2.65. The van der Waals surface area contributed by atoms with Gasteiger partial charge in [-0.1, -0.05) is 11.6 Å². The van der Waals surface area contributed by atoms with Crippen LogP contribution in [0.4, 0.5) is 0 Å². The molecular formula is C16H17ClO2S. The van der Waals surface area contributed by atoms with Crippen LogP contribution in [0.5, 0.6) is 5.75 Å². The second kappa shape index (κ2) is 5.98. The summed E-state index contributed by atoms with van der Waals surface area (Å²) in [6.07, 6.45) is 0. The lowest BCUT2D eigenvalue weighted by atomic mass is 10.1. The van der Waals surface area contributed by atoms with Gasteiger partial charge in [-0.15, -0.1) is 11.3 Å². The number of hydrogen-bond acceptors (Lipinski definition) is 3. The van der Waals surface area contributed by atoms with Crippen LogP contribution < -0.4 is 4.74 Å². The van der Waals surface area contributed by atoms with Gasteiger partial charge in [-0.3, -0.25) is 4.79 Å². The molecule has 0 fully saturated rings. The molecule has 0 unspecified atom stereocenters. The van der Waals surface area contributed by atoms with E-state index in [0.717, 1.165) is 32.2 Å². The molecule has 2 nitrogen and oxygen atoms in total. The molecule has 1 heterocycles. The van der Waals surface area contributed by atoms with Crippen LogP contribution in [0.2, 0.25) is 5.02 Å². The second-order valence-electron chi connectivity index (χ2n) is 4.91. The van der Waals surface area contributed by atoms with Crippen LogP contribution in [0, 0.1) is 27.7 Å². The quantitative estimate of drug-likeness (QED) is 0.751. The van der Waals surface area contributed by atoms with Gasteiger partial charge < -0.3 is 4.74 Å². The summed E-state index contributed by atoms with van der Waals surface area (Å²) in [7, 11) is 0. The van der Waals surface area contributed by atoms with Gasteiger partial charge in [0.05, 0.1) is 0 Å². The average molecular weight is 309 g/mol. The fourth-order valence-electron chi connectivity index (χ4n) is 2.25. The highest BCUT2D eigenvalue weighted by Gasteiger charge is 2.14. The highest BCUT2D eigenvalue weighted by Crippen LogP contribution is 2.27. The third-order valence-electron chi connectivity index (χ3n) is 3.11. The van der Waals surface area contributed by atoms with Crippen molar-refractivity contribution in [1.29, 1.82) is 0 Å². The molecule has 0 atom stereocenters. The fraction of sp³-hybridized carbons (Fsp3) is 0.312. The largest absolute Gasteiger partial charge is 0.485 e. The topological polar surface area (TPSA) is 26.3 Å². The summed E-state index contributed by atoms with van der Waals surface area (Å²) in [6.45, 7) is 7.88. The molecule has 0 bridgehead atoms. The molecule has 0 aliphatic carbocycles. The maximum atomic E-state index is 12.2. The summed E-state index contributed by atoms with van der Waals surface area (Å²) < 4.78 is 5.70. The third kappa shape index (κ3) is 3.22. The maximum Gasteiger partial charge on any atom is 0.201 e. The van der Waals surface area contributed by atoms with Crippen LogP contribution in [-0.2, 0) is 0 Å². The standard InChI is InChI=1S/C16H17ClO2S/c1-9-5-13(17)6-10(2)16(9)19-8-15(18)14-7-11(3)20-12(14)4/h5-7H,8H2,1-4H3. The van der Waals surface area contributed by atoms with Crippen molar-refractivity contribution in [3.05, 3.63) is 49.7 Å². The summed E-state index contributed by atoms with van der Waals surface area (Å²) in [5, 5.41) is 0.683. The lowest BCUT2D eigenvalue weighted by Gasteiger charge is -2.12. The number of ketones is 1. The van der Waals surface area contributed by atoms with Gasteiger partial charge in [0.15, 0.2) is 6.61 Å². The van der Waals surface area contributed by atoms with Crippen molar-refractivity contribution in [3.63, 3.8) is 0 Å². The van der Waals surface area contributed by atoms with Crippen LogP contribution in [0.15, 0.2) is 18.2 Å². The van der Waals surface area contributed by atoms with Crippen LogP contribution in [0.1, 0.15) is 31.2 Å². The number of ether oxygens (including phenoxy) is 1. The lowest BCUT2D eigenvalue weighted by molar-refractivity contribution is 0.0920. The first kappa shape index (κ1) is 15.1. The molecule has 0 saturated carbocycles.